The van der Waals surface area contributed by atoms with Crippen LogP contribution in [0.5, 0.6) is 0 Å². The van der Waals surface area contributed by atoms with Crippen molar-refractivity contribution >= 4 is 17.8 Å². The molecule has 3 N–H and O–H groups in total. The van der Waals surface area contributed by atoms with Crippen LogP contribution in [-0.4, -0.2) is 34.1 Å². The number of carboxylic acid groups (broad SMARTS) is 2. The smallest absolute Gasteiger partial charge is 0.326 e. The van der Waals surface area contributed by atoms with Crippen LogP contribution in [0.4, 0.5) is 0 Å². The Balaban J connectivity index is 2.22. The summed E-state index contributed by atoms with van der Waals surface area (Å²) in [6, 6.07) is 17.7. The van der Waals surface area contributed by atoms with Crippen LogP contribution in [0.2, 0.25) is 0 Å². The van der Waals surface area contributed by atoms with Gasteiger partial charge in [-0.15, -0.1) is 0 Å². The van der Waals surface area contributed by atoms with Crippen LogP contribution in [-0.2, 0) is 27.2 Å². The van der Waals surface area contributed by atoms with E-state index in [0.717, 1.165) is 11.1 Å². The van der Waals surface area contributed by atoms with Gasteiger partial charge < -0.3 is 15.5 Å². The van der Waals surface area contributed by atoms with E-state index in [1.54, 1.807) is 0 Å². The molecule has 0 spiro atoms. The van der Waals surface area contributed by atoms with Crippen molar-refractivity contribution in [3.63, 3.8) is 0 Å². The second kappa shape index (κ2) is 11.9. The zero-order valence-corrected chi connectivity index (χ0v) is 18.0. The van der Waals surface area contributed by atoms with Crippen LogP contribution in [0.15, 0.2) is 60.7 Å². The first kappa shape index (κ1) is 24.1. The molecule has 2 unspecified atom stereocenters. The van der Waals surface area contributed by atoms with E-state index in [2.05, 4.69) is 5.32 Å². The molecule has 0 aliphatic rings. The lowest BCUT2D eigenvalue weighted by molar-refractivity contribution is -0.145. The fourth-order valence-electron chi connectivity index (χ4n) is 3.68. The predicted octanol–water partition coefficient (Wildman–Crippen LogP) is 3.79. The van der Waals surface area contributed by atoms with E-state index < -0.39 is 35.7 Å². The van der Waals surface area contributed by atoms with Crippen LogP contribution >= 0.6 is 0 Å². The lowest BCUT2D eigenvalue weighted by Gasteiger charge is -2.24. The Hall–Kier alpha value is -3.15. The van der Waals surface area contributed by atoms with Crippen molar-refractivity contribution in [3.8, 4) is 0 Å². The number of carbonyl (C=O) groups is 3. The molecule has 0 heterocycles. The molecule has 1 amide bonds. The van der Waals surface area contributed by atoms with Crippen LogP contribution < -0.4 is 5.32 Å². The summed E-state index contributed by atoms with van der Waals surface area (Å²) in [5.41, 5.74) is 1.79. The number of hydrogen-bond donors (Lipinski definition) is 3. The molecule has 0 aromatic heterocycles. The average Bonchev–Trinajstić information content (AvgIpc) is 2.73. The third-order valence-corrected chi connectivity index (χ3v) is 5.26. The zero-order chi connectivity index (χ0) is 22.8. The summed E-state index contributed by atoms with van der Waals surface area (Å²) in [6.45, 7) is 3.79. The summed E-state index contributed by atoms with van der Waals surface area (Å²) in [5.74, 6) is -3.78. The molecular weight excluding hydrogens is 394 g/mol. The standard InChI is InChI=1S/C25H31NO5/c1-17(2)13-22(25(30)31)26-23(27)20(14-18-9-5-3-6-10-18)16-21(24(28)29)15-19-11-7-4-8-12-19/h3-12,17,20-22H,13-16H2,1-2H3,(H,26,27)(H,28,29)(H,30,31)/t20?,21?,22-/m0/s1. The Morgan fingerprint density at radius 3 is 1.65 bits per heavy atom. The molecule has 6 heteroatoms. The van der Waals surface area contributed by atoms with Crippen LogP contribution in [0, 0.1) is 17.8 Å². The van der Waals surface area contributed by atoms with Gasteiger partial charge in [0.2, 0.25) is 5.91 Å². The number of benzene rings is 2. The van der Waals surface area contributed by atoms with Gasteiger partial charge >= 0.3 is 11.9 Å². The first-order valence-corrected chi connectivity index (χ1v) is 10.6. The van der Waals surface area contributed by atoms with Gasteiger partial charge in [0, 0.05) is 5.92 Å². The molecular formula is C25H31NO5. The Labute approximate surface area is 183 Å². The highest BCUT2D eigenvalue weighted by Crippen LogP contribution is 2.22. The van der Waals surface area contributed by atoms with E-state index in [9.17, 15) is 24.6 Å². The van der Waals surface area contributed by atoms with Crippen molar-refractivity contribution in [2.45, 2.75) is 45.6 Å². The molecule has 31 heavy (non-hydrogen) atoms. The van der Waals surface area contributed by atoms with E-state index >= 15 is 0 Å². The van der Waals surface area contributed by atoms with Gasteiger partial charge in [-0.1, -0.05) is 74.5 Å². The minimum absolute atomic E-state index is 0.0961. The van der Waals surface area contributed by atoms with Crippen LogP contribution in [0.3, 0.4) is 0 Å². The number of hydrogen-bond acceptors (Lipinski definition) is 3. The van der Waals surface area contributed by atoms with Gasteiger partial charge in [-0.2, -0.15) is 0 Å². The normalized spacial score (nSPS) is 13.9. The van der Waals surface area contributed by atoms with E-state index in [0.29, 0.717) is 19.3 Å². The Kier molecular flexibility index (Phi) is 9.25. The lowest BCUT2D eigenvalue weighted by Crippen LogP contribution is -2.45. The summed E-state index contributed by atoms with van der Waals surface area (Å²) < 4.78 is 0. The van der Waals surface area contributed by atoms with Gasteiger partial charge in [0.25, 0.3) is 0 Å². The molecule has 3 atom stereocenters. The molecule has 0 fully saturated rings. The fraction of sp³-hybridized carbons (Fsp3) is 0.400. The summed E-state index contributed by atoms with van der Waals surface area (Å²) >= 11 is 0. The molecule has 0 radical (unpaired) electrons. The summed E-state index contributed by atoms with van der Waals surface area (Å²) in [5, 5.41) is 21.9. The van der Waals surface area contributed by atoms with Gasteiger partial charge in [0.05, 0.1) is 5.92 Å². The Morgan fingerprint density at radius 2 is 1.23 bits per heavy atom. The number of amides is 1. The maximum absolute atomic E-state index is 13.1. The molecule has 2 aromatic rings. The highest BCUT2D eigenvalue weighted by molar-refractivity contribution is 5.85. The molecule has 0 saturated heterocycles. The van der Waals surface area contributed by atoms with Gasteiger partial charge in [0.15, 0.2) is 0 Å². The molecule has 2 aromatic carbocycles. The van der Waals surface area contributed by atoms with Crippen LogP contribution in [0.1, 0.15) is 37.8 Å². The fourth-order valence-corrected chi connectivity index (χ4v) is 3.68. The van der Waals surface area contributed by atoms with Crippen molar-refractivity contribution in [1.82, 2.24) is 5.32 Å². The predicted molar refractivity (Wildman–Crippen MR) is 119 cm³/mol. The van der Waals surface area contributed by atoms with Crippen molar-refractivity contribution in [1.29, 1.82) is 0 Å². The van der Waals surface area contributed by atoms with Gasteiger partial charge in [-0.05, 0) is 42.7 Å². The van der Waals surface area contributed by atoms with Gasteiger partial charge in [-0.3, -0.25) is 9.59 Å². The molecule has 2 rings (SSSR count). The number of carboxylic acids is 2. The SMILES string of the molecule is CC(C)C[C@H](NC(=O)C(Cc1ccccc1)CC(Cc1ccccc1)C(=O)O)C(=O)O. The second-order valence-corrected chi connectivity index (χ2v) is 8.38. The monoisotopic (exact) mass is 425 g/mol. The molecule has 0 aliphatic carbocycles. The summed E-state index contributed by atoms with van der Waals surface area (Å²) in [4.78, 5) is 36.7. The van der Waals surface area contributed by atoms with E-state index in [-0.39, 0.29) is 12.3 Å². The highest BCUT2D eigenvalue weighted by Gasteiger charge is 2.30. The van der Waals surface area contributed by atoms with E-state index in [1.807, 2.05) is 74.5 Å². The Bertz CT molecular complexity index is 851. The largest absolute Gasteiger partial charge is 0.481 e. The maximum Gasteiger partial charge on any atom is 0.326 e. The van der Waals surface area contributed by atoms with E-state index in [1.165, 1.54) is 0 Å². The number of nitrogens with one attached hydrogen (secondary N) is 1. The van der Waals surface area contributed by atoms with Crippen molar-refractivity contribution in [2.75, 3.05) is 0 Å². The molecule has 166 valence electrons. The Morgan fingerprint density at radius 1 is 0.742 bits per heavy atom. The van der Waals surface area contributed by atoms with Crippen LogP contribution in [0.25, 0.3) is 0 Å². The quantitative estimate of drug-likeness (QED) is 0.480. The average molecular weight is 426 g/mol. The third-order valence-electron chi connectivity index (χ3n) is 5.26. The van der Waals surface area contributed by atoms with Crippen molar-refractivity contribution in [3.05, 3.63) is 71.8 Å². The van der Waals surface area contributed by atoms with Crippen molar-refractivity contribution in [2.24, 2.45) is 17.8 Å². The van der Waals surface area contributed by atoms with Crippen molar-refractivity contribution < 1.29 is 24.6 Å². The highest BCUT2D eigenvalue weighted by atomic mass is 16.4. The summed E-state index contributed by atoms with van der Waals surface area (Å²) in [6.07, 6.45) is 1.09. The first-order valence-electron chi connectivity index (χ1n) is 10.6. The number of rotatable bonds is 12. The molecule has 0 saturated carbocycles. The topological polar surface area (TPSA) is 104 Å². The third kappa shape index (κ3) is 8.24. The maximum atomic E-state index is 13.1. The molecule has 0 bridgehead atoms. The zero-order valence-electron chi connectivity index (χ0n) is 18.0. The van der Waals surface area contributed by atoms with E-state index in [4.69, 9.17) is 0 Å². The first-order chi connectivity index (χ1) is 14.8. The minimum Gasteiger partial charge on any atom is -0.481 e. The number of carbonyl (C=O) groups excluding carboxylic acids is 1. The lowest BCUT2D eigenvalue weighted by atomic mass is 9.85. The van der Waals surface area contributed by atoms with Gasteiger partial charge in [0.1, 0.15) is 6.04 Å². The van der Waals surface area contributed by atoms with Gasteiger partial charge in [-0.25, -0.2) is 4.79 Å². The molecule has 0 aliphatic heterocycles. The second-order valence-electron chi connectivity index (χ2n) is 8.38. The molecule has 6 nitrogen and oxygen atoms in total. The summed E-state index contributed by atoms with van der Waals surface area (Å²) in [7, 11) is 0. The number of aliphatic carboxylic acids is 2. The minimum atomic E-state index is -1.08.